The maximum atomic E-state index is 11.6. The fourth-order valence-corrected chi connectivity index (χ4v) is 1.89. The maximum absolute atomic E-state index is 11.6. The molecule has 19 heavy (non-hydrogen) atoms. The number of ketones is 1. The van der Waals surface area contributed by atoms with Crippen LogP contribution in [0.25, 0.3) is 0 Å². The summed E-state index contributed by atoms with van der Waals surface area (Å²) in [4.78, 5) is 45.1. The monoisotopic (exact) mass is 289 g/mol. The zero-order valence-electron chi connectivity index (χ0n) is 11.6. The second-order valence-corrected chi connectivity index (χ2v) is 6.14. The van der Waals surface area contributed by atoms with E-state index >= 15 is 0 Å². The number of nitrogens with one attached hydrogen (secondary N) is 1. The molecule has 0 saturated heterocycles. The number of carbonyl (C=O) groups excluding carboxylic acids is 4. The number of methoxy groups -OCH3 is 1. The van der Waals surface area contributed by atoms with Crippen LogP contribution >= 0.6 is 11.8 Å². The molecule has 0 bridgehead atoms. The molecule has 7 heteroatoms. The zero-order chi connectivity index (χ0) is 15.1. The molecule has 108 valence electrons. The number of amides is 1. The molecule has 0 radical (unpaired) electrons. The van der Waals surface area contributed by atoms with Crippen LogP contribution in [0.2, 0.25) is 0 Å². The standard InChI is InChI=1S/C12H19NO5S/c1-5-9(15)13-7-12(2,3)19-11(17)8(14)6-10(16)18-4/h5-7H2,1-4H3,(H,13,15). The highest BCUT2D eigenvalue weighted by molar-refractivity contribution is 8.16. The summed E-state index contributed by atoms with van der Waals surface area (Å²) in [6, 6.07) is 0. The summed E-state index contributed by atoms with van der Waals surface area (Å²) in [5, 5.41) is 1.95. The van der Waals surface area contributed by atoms with Crippen molar-refractivity contribution in [1.82, 2.24) is 5.32 Å². The van der Waals surface area contributed by atoms with Gasteiger partial charge in [-0.15, -0.1) is 0 Å². The molecule has 0 aromatic heterocycles. The van der Waals surface area contributed by atoms with Gasteiger partial charge in [0.15, 0.2) is 0 Å². The second-order valence-electron chi connectivity index (χ2n) is 4.46. The van der Waals surface area contributed by atoms with Crippen LogP contribution in [0.1, 0.15) is 33.6 Å². The van der Waals surface area contributed by atoms with Gasteiger partial charge in [0.25, 0.3) is 5.12 Å². The Kier molecular flexibility index (Phi) is 7.36. The van der Waals surface area contributed by atoms with Crippen molar-refractivity contribution in [1.29, 1.82) is 0 Å². The van der Waals surface area contributed by atoms with Gasteiger partial charge in [0.1, 0.15) is 6.42 Å². The Morgan fingerprint density at radius 1 is 1.21 bits per heavy atom. The lowest BCUT2D eigenvalue weighted by molar-refractivity contribution is -0.145. The third-order valence-corrected chi connectivity index (χ3v) is 3.27. The summed E-state index contributed by atoms with van der Waals surface area (Å²) in [5.41, 5.74) is 0. The minimum atomic E-state index is -0.799. The molecule has 0 saturated carbocycles. The van der Waals surface area contributed by atoms with Gasteiger partial charge in [0.2, 0.25) is 11.7 Å². The average molecular weight is 289 g/mol. The lowest BCUT2D eigenvalue weighted by Gasteiger charge is -2.22. The Morgan fingerprint density at radius 3 is 2.26 bits per heavy atom. The van der Waals surface area contributed by atoms with Crippen LogP contribution in [0, 0.1) is 0 Å². The van der Waals surface area contributed by atoms with Crippen LogP contribution < -0.4 is 5.32 Å². The molecular weight excluding hydrogens is 270 g/mol. The van der Waals surface area contributed by atoms with E-state index in [1.165, 1.54) is 0 Å². The fraction of sp³-hybridized carbons (Fsp3) is 0.667. The Labute approximate surface area is 116 Å². The second kappa shape index (κ2) is 7.93. The molecule has 0 aliphatic heterocycles. The maximum Gasteiger partial charge on any atom is 0.313 e. The van der Waals surface area contributed by atoms with E-state index < -0.39 is 28.0 Å². The molecule has 0 atom stereocenters. The lowest BCUT2D eigenvalue weighted by Crippen LogP contribution is -2.37. The van der Waals surface area contributed by atoms with Crippen LogP contribution in [0.4, 0.5) is 0 Å². The Hall–Kier alpha value is -1.37. The van der Waals surface area contributed by atoms with E-state index in [0.29, 0.717) is 6.42 Å². The quantitative estimate of drug-likeness (QED) is 0.421. The molecule has 0 spiro atoms. The first-order chi connectivity index (χ1) is 8.71. The molecular formula is C12H19NO5S. The van der Waals surface area contributed by atoms with Gasteiger partial charge in [-0.25, -0.2) is 0 Å². The molecule has 0 aromatic carbocycles. The number of hydrogen-bond acceptors (Lipinski definition) is 6. The largest absolute Gasteiger partial charge is 0.469 e. The van der Waals surface area contributed by atoms with Crippen LogP contribution in [-0.2, 0) is 23.9 Å². The van der Waals surface area contributed by atoms with Crippen molar-refractivity contribution < 1.29 is 23.9 Å². The first kappa shape index (κ1) is 17.6. The van der Waals surface area contributed by atoms with E-state index in [1.54, 1.807) is 20.8 Å². The molecule has 1 N–H and O–H groups in total. The van der Waals surface area contributed by atoms with Gasteiger partial charge >= 0.3 is 5.97 Å². The predicted molar refractivity (Wildman–Crippen MR) is 71.6 cm³/mol. The van der Waals surface area contributed by atoms with Crippen LogP contribution in [0.15, 0.2) is 0 Å². The third kappa shape index (κ3) is 7.61. The highest BCUT2D eigenvalue weighted by Crippen LogP contribution is 2.25. The number of carbonyl (C=O) groups is 4. The molecule has 0 heterocycles. The summed E-state index contributed by atoms with van der Waals surface area (Å²) >= 11 is 0.804. The number of Topliss-reactive ketones (excluding diaryl/α,β-unsaturated/α-hetero) is 1. The van der Waals surface area contributed by atoms with Crippen molar-refractivity contribution in [3.8, 4) is 0 Å². The number of esters is 1. The molecule has 0 aliphatic carbocycles. The van der Waals surface area contributed by atoms with E-state index in [4.69, 9.17) is 0 Å². The predicted octanol–water partition coefficient (Wildman–Crippen LogP) is 0.683. The molecule has 0 rings (SSSR count). The summed E-state index contributed by atoms with van der Waals surface area (Å²) in [6.45, 7) is 5.45. The normalized spacial score (nSPS) is 10.7. The molecule has 0 aromatic rings. The van der Waals surface area contributed by atoms with Crippen molar-refractivity contribution >= 4 is 34.5 Å². The summed E-state index contributed by atoms with van der Waals surface area (Å²) in [6.07, 6.45) is -0.199. The van der Waals surface area contributed by atoms with Gasteiger partial charge in [0, 0.05) is 17.7 Å². The van der Waals surface area contributed by atoms with Crippen molar-refractivity contribution in [2.45, 2.75) is 38.4 Å². The van der Waals surface area contributed by atoms with Gasteiger partial charge < -0.3 is 10.1 Å². The van der Waals surface area contributed by atoms with Crippen molar-refractivity contribution in [3.63, 3.8) is 0 Å². The van der Waals surface area contributed by atoms with E-state index in [9.17, 15) is 19.2 Å². The minimum Gasteiger partial charge on any atom is -0.469 e. The van der Waals surface area contributed by atoms with E-state index in [0.717, 1.165) is 18.9 Å². The lowest BCUT2D eigenvalue weighted by atomic mass is 10.2. The van der Waals surface area contributed by atoms with Gasteiger partial charge in [-0.05, 0) is 13.8 Å². The van der Waals surface area contributed by atoms with E-state index in [2.05, 4.69) is 10.1 Å². The van der Waals surface area contributed by atoms with E-state index in [-0.39, 0.29) is 12.5 Å². The Bertz CT molecular complexity index is 378. The molecule has 0 unspecified atom stereocenters. The molecule has 0 fully saturated rings. The first-order valence-corrected chi connectivity index (χ1v) is 6.63. The topological polar surface area (TPSA) is 89.5 Å². The Morgan fingerprint density at radius 2 is 1.79 bits per heavy atom. The van der Waals surface area contributed by atoms with E-state index in [1.807, 2.05) is 0 Å². The van der Waals surface area contributed by atoms with Crippen LogP contribution in [0.5, 0.6) is 0 Å². The number of hydrogen-bond donors (Lipinski definition) is 1. The molecule has 0 aliphatic rings. The fourth-order valence-electron chi connectivity index (χ4n) is 1.06. The zero-order valence-corrected chi connectivity index (χ0v) is 12.4. The minimum absolute atomic E-state index is 0.123. The van der Waals surface area contributed by atoms with Gasteiger partial charge in [0.05, 0.1) is 7.11 Å². The van der Waals surface area contributed by atoms with Crippen LogP contribution in [-0.4, -0.2) is 41.2 Å². The average Bonchev–Trinajstić information content (AvgIpc) is 2.35. The highest BCUT2D eigenvalue weighted by atomic mass is 32.2. The molecule has 6 nitrogen and oxygen atoms in total. The van der Waals surface area contributed by atoms with Crippen molar-refractivity contribution in [2.75, 3.05) is 13.7 Å². The highest BCUT2D eigenvalue weighted by Gasteiger charge is 2.28. The SMILES string of the molecule is CCC(=O)NCC(C)(C)SC(=O)C(=O)CC(=O)OC. The number of thioether (sulfide) groups is 1. The van der Waals surface area contributed by atoms with Gasteiger partial charge in [-0.1, -0.05) is 18.7 Å². The van der Waals surface area contributed by atoms with Crippen LogP contribution in [0.3, 0.4) is 0 Å². The first-order valence-electron chi connectivity index (χ1n) is 5.81. The van der Waals surface area contributed by atoms with Crippen molar-refractivity contribution in [2.24, 2.45) is 0 Å². The summed E-state index contributed by atoms with van der Waals surface area (Å²) in [5.74, 6) is -1.66. The number of ether oxygens (including phenoxy) is 1. The third-order valence-electron chi connectivity index (χ3n) is 2.16. The molecule has 1 amide bonds. The number of rotatable bonds is 7. The smallest absolute Gasteiger partial charge is 0.313 e. The Balaban J connectivity index is 4.32. The summed E-state index contributed by atoms with van der Waals surface area (Å²) < 4.78 is 3.70. The van der Waals surface area contributed by atoms with Gasteiger partial charge in [-0.2, -0.15) is 0 Å². The summed E-state index contributed by atoms with van der Waals surface area (Å²) in [7, 11) is 1.15. The van der Waals surface area contributed by atoms with Crippen molar-refractivity contribution in [3.05, 3.63) is 0 Å². The van der Waals surface area contributed by atoms with Gasteiger partial charge in [-0.3, -0.25) is 19.2 Å².